The molecule has 0 spiro atoms. The molecule has 1 aromatic heterocycles. The van der Waals surface area contributed by atoms with Crippen LogP contribution in [-0.4, -0.2) is 11.7 Å². The number of nitrogens with one attached hydrogen (secondary N) is 2. The van der Waals surface area contributed by atoms with Crippen molar-refractivity contribution in [3.05, 3.63) is 83.9 Å². The molecule has 4 aromatic rings. The third kappa shape index (κ3) is 3.58. The first kappa shape index (κ1) is 17.8. The monoisotopic (exact) mass is 386 g/mol. The fourth-order valence-corrected chi connectivity index (χ4v) is 3.93. The number of hydrogen-bond donors (Lipinski definition) is 4. The lowest BCUT2D eigenvalue weighted by Crippen LogP contribution is -2.10. The number of nitrogens with two attached hydrogens (primary N) is 2. The predicted molar refractivity (Wildman–Crippen MR) is 116 cm³/mol. The third-order valence-corrected chi connectivity index (χ3v) is 5.53. The Balaban J connectivity index is 1.55. The van der Waals surface area contributed by atoms with Crippen molar-refractivity contribution in [2.75, 3.05) is 0 Å². The zero-order chi connectivity index (χ0) is 19.7. The van der Waals surface area contributed by atoms with Crippen molar-refractivity contribution in [2.45, 2.75) is 0 Å². The van der Waals surface area contributed by atoms with Gasteiger partial charge in [0.1, 0.15) is 23.2 Å². The summed E-state index contributed by atoms with van der Waals surface area (Å²) in [5.74, 6) is 1.54. The van der Waals surface area contributed by atoms with E-state index in [4.69, 9.17) is 27.0 Å². The Kier molecular flexibility index (Phi) is 4.55. The summed E-state index contributed by atoms with van der Waals surface area (Å²) in [6, 6.07) is 23.0. The maximum Gasteiger partial charge on any atom is 0.127 e. The van der Waals surface area contributed by atoms with Crippen LogP contribution in [0.25, 0.3) is 20.5 Å². The summed E-state index contributed by atoms with van der Waals surface area (Å²) in [4.78, 5) is 1.15. The predicted octanol–water partition coefficient (Wildman–Crippen LogP) is 4.93. The smallest absolute Gasteiger partial charge is 0.127 e. The Morgan fingerprint density at radius 2 is 1.29 bits per heavy atom. The number of nitrogen functional groups attached to an aromatic ring is 2. The van der Waals surface area contributed by atoms with Gasteiger partial charge in [0.05, 0.1) is 0 Å². The number of thiophene rings is 1. The first-order chi connectivity index (χ1) is 13.5. The average molecular weight is 386 g/mol. The van der Waals surface area contributed by atoms with Gasteiger partial charge in [-0.15, -0.1) is 11.3 Å². The topological polar surface area (TPSA) is 109 Å². The highest BCUT2D eigenvalue weighted by molar-refractivity contribution is 7.22. The van der Waals surface area contributed by atoms with Crippen molar-refractivity contribution < 1.29 is 4.74 Å². The van der Waals surface area contributed by atoms with Crippen molar-refractivity contribution in [3.8, 4) is 21.9 Å². The largest absolute Gasteiger partial charge is 0.457 e. The molecular formula is C22H18N4OS. The number of rotatable bonds is 5. The fourth-order valence-electron chi connectivity index (χ4n) is 2.88. The van der Waals surface area contributed by atoms with E-state index in [9.17, 15) is 0 Å². The molecule has 0 saturated carbocycles. The van der Waals surface area contributed by atoms with E-state index in [0.29, 0.717) is 11.3 Å². The third-order valence-electron chi connectivity index (χ3n) is 4.37. The summed E-state index contributed by atoms with van der Waals surface area (Å²) < 4.78 is 7.02. The highest BCUT2D eigenvalue weighted by Gasteiger charge is 2.07. The van der Waals surface area contributed by atoms with Gasteiger partial charge in [0.15, 0.2) is 0 Å². The zero-order valence-corrected chi connectivity index (χ0v) is 15.7. The van der Waals surface area contributed by atoms with Gasteiger partial charge in [0.2, 0.25) is 0 Å². The van der Waals surface area contributed by atoms with Crippen molar-refractivity contribution in [3.63, 3.8) is 0 Å². The van der Waals surface area contributed by atoms with Crippen LogP contribution in [0, 0.1) is 10.8 Å². The van der Waals surface area contributed by atoms with Gasteiger partial charge in [-0.25, -0.2) is 0 Å². The Hall–Kier alpha value is -3.64. The molecule has 0 atom stereocenters. The molecule has 0 aliphatic carbocycles. The van der Waals surface area contributed by atoms with Gasteiger partial charge in [0.25, 0.3) is 0 Å². The summed E-state index contributed by atoms with van der Waals surface area (Å²) in [6.07, 6.45) is 0. The molecule has 5 nitrogen and oxygen atoms in total. The average Bonchev–Trinajstić information content (AvgIpc) is 3.12. The van der Waals surface area contributed by atoms with Gasteiger partial charge in [0, 0.05) is 20.7 Å². The van der Waals surface area contributed by atoms with E-state index in [0.717, 1.165) is 31.8 Å². The second kappa shape index (κ2) is 7.17. The molecule has 0 aliphatic rings. The minimum atomic E-state index is 0.0367. The molecule has 1 heterocycles. The molecule has 0 saturated heterocycles. The van der Waals surface area contributed by atoms with Crippen LogP contribution in [0.3, 0.4) is 0 Å². The Bertz CT molecular complexity index is 1180. The molecule has 6 N–H and O–H groups in total. The highest BCUT2D eigenvalue weighted by Crippen LogP contribution is 2.35. The minimum Gasteiger partial charge on any atom is -0.457 e. The molecule has 0 bridgehead atoms. The molecule has 28 heavy (non-hydrogen) atoms. The van der Waals surface area contributed by atoms with Gasteiger partial charge < -0.3 is 16.2 Å². The van der Waals surface area contributed by atoms with E-state index in [1.165, 1.54) is 0 Å². The molecule has 0 aliphatic heterocycles. The normalized spacial score (nSPS) is 10.7. The first-order valence-corrected chi connectivity index (χ1v) is 9.42. The second-order valence-electron chi connectivity index (χ2n) is 6.34. The number of amidine groups is 2. The Morgan fingerprint density at radius 1 is 0.714 bits per heavy atom. The summed E-state index contributed by atoms with van der Waals surface area (Å²) >= 11 is 1.70. The minimum absolute atomic E-state index is 0.0367. The summed E-state index contributed by atoms with van der Waals surface area (Å²) in [5.41, 5.74) is 13.5. The van der Waals surface area contributed by atoms with E-state index in [-0.39, 0.29) is 11.7 Å². The lowest BCUT2D eigenvalue weighted by molar-refractivity contribution is 0.483. The number of hydrogen-bond acceptors (Lipinski definition) is 4. The van der Waals surface area contributed by atoms with Crippen molar-refractivity contribution in [2.24, 2.45) is 11.5 Å². The molecule has 0 radical (unpaired) electrons. The van der Waals surface area contributed by atoms with Gasteiger partial charge >= 0.3 is 0 Å². The van der Waals surface area contributed by atoms with Gasteiger partial charge in [-0.2, -0.15) is 0 Å². The van der Waals surface area contributed by atoms with E-state index in [1.807, 2.05) is 42.5 Å². The molecule has 0 unspecified atom stereocenters. The molecule has 138 valence electrons. The van der Waals surface area contributed by atoms with E-state index in [2.05, 4.69) is 6.07 Å². The van der Waals surface area contributed by atoms with Crippen molar-refractivity contribution >= 4 is 33.1 Å². The van der Waals surface area contributed by atoms with E-state index < -0.39 is 0 Å². The lowest BCUT2D eigenvalue weighted by Gasteiger charge is -2.07. The van der Waals surface area contributed by atoms with Crippen molar-refractivity contribution in [1.29, 1.82) is 10.8 Å². The molecule has 3 aromatic carbocycles. The number of benzene rings is 3. The van der Waals surface area contributed by atoms with Gasteiger partial charge in [-0.1, -0.05) is 0 Å². The van der Waals surface area contributed by atoms with Crippen LogP contribution in [0.15, 0.2) is 72.8 Å². The summed E-state index contributed by atoms with van der Waals surface area (Å²) in [7, 11) is 0. The van der Waals surface area contributed by atoms with Crippen LogP contribution >= 0.6 is 11.3 Å². The van der Waals surface area contributed by atoms with Crippen molar-refractivity contribution in [1.82, 2.24) is 0 Å². The number of fused-ring (bicyclic) bond motifs is 1. The summed E-state index contributed by atoms with van der Waals surface area (Å²) in [5, 5.41) is 16.1. The SMILES string of the molecule is N=C(N)c1ccc(Oc2ccc(-c3cc4cc(C(=N)N)ccc4s3)cc2)cc1. The van der Waals surface area contributed by atoms with Crippen LogP contribution in [0.5, 0.6) is 11.5 Å². The molecule has 0 amide bonds. The maximum absolute atomic E-state index is 7.58. The molecule has 0 fully saturated rings. The van der Waals surface area contributed by atoms with Crippen LogP contribution in [-0.2, 0) is 0 Å². The van der Waals surface area contributed by atoms with Crippen LogP contribution in [0.4, 0.5) is 0 Å². The van der Waals surface area contributed by atoms with E-state index in [1.54, 1.807) is 35.6 Å². The molecule has 6 heteroatoms. The van der Waals surface area contributed by atoms with Gasteiger partial charge in [-0.3, -0.25) is 10.8 Å². The second-order valence-corrected chi connectivity index (χ2v) is 7.43. The molecular weight excluding hydrogens is 368 g/mol. The van der Waals surface area contributed by atoms with E-state index >= 15 is 0 Å². The highest BCUT2D eigenvalue weighted by atomic mass is 32.1. The zero-order valence-electron chi connectivity index (χ0n) is 14.9. The van der Waals surface area contributed by atoms with Gasteiger partial charge in [-0.05, 0) is 83.7 Å². The lowest BCUT2D eigenvalue weighted by atomic mass is 10.1. The first-order valence-electron chi connectivity index (χ1n) is 8.60. The maximum atomic E-state index is 7.58. The fraction of sp³-hybridized carbons (Fsp3) is 0. The Morgan fingerprint density at radius 3 is 1.89 bits per heavy atom. The standard InChI is InChI=1S/C22H18N4OS/c23-21(24)14-3-8-18(9-4-14)27-17-6-1-13(2-7-17)20-12-16-11-15(22(25)26)5-10-19(16)28-20/h1-12H,(H3,23,24)(H3,25,26). The number of ether oxygens (including phenoxy) is 1. The van der Waals surface area contributed by atoms with Crippen LogP contribution in [0.2, 0.25) is 0 Å². The summed E-state index contributed by atoms with van der Waals surface area (Å²) in [6.45, 7) is 0. The molecule has 4 rings (SSSR count). The van der Waals surface area contributed by atoms with Crippen LogP contribution < -0.4 is 16.2 Å². The quantitative estimate of drug-likeness (QED) is 0.288. The van der Waals surface area contributed by atoms with Crippen LogP contribution in [0.1, 0.15) is 11.1 Å². The Labute approximate surface area is 166 Å².